The first-order valence-corrected chi connectivity index (χ1v) is 51.7. The predicted molar refractivity (Wildman–Crippen MR) is 639 cm³/mol. The number of para-hydroxylation sites is 2. The molecule has 0 amide bonds. The highest BCUT2D eigenvalue weighted by Crippen LogP contribution is 2.53. The van der Waals surface area contributed by atoms with Gasteiger partial charge in [-0.05, 0) is 346 Å². The third kappa shape index (κ3) is 19.8. The lowest BCUT2D eigenvalue weighted by molar-refractivity contribution is 0.660. The van der Waals surface area contributed by atoms with Gasteiger partial charge in [-0.15, -0.1) is 0 Å². The Morgan fingerprint density at radius 2 is 0.280 bits per heavy atom. The molecule has 0 radical (unpaired) electrons. The Morgan fingerprint density at radius 1 is 0.107 bits per heavy atom. The van der Waals surface area contributed by atoms with Gasteiger partial charge in [0.25, 0.3) is 0 Å². The van der Waals surface area contributed by atoms with Crippen molar-refractivity contribution in [2.24, 2.45) is 0 Å². The summed E-state index contributed by atoms with van der Waals surface area (Å²) in [4.78, 5) is 7.02. The Bertz CT molecular complexity index is 8820. The van der Waals surface area contributed by atoms with E-state index >= 15 is 0 Å². The maximum atomic E-state index is 2.42. The van der Waals surface area contributed by atoms with E-state index in [2.05, 4.69) is 641 Å². The van der Waals surface area contributed by atoms with E-state index in [1.54, 1.807) is 0 Å². The molecule has 0 saturated heterocycles. The average molecular weight is 1920 g/mol. The molecule has 26 rings (SSSR count). The fourth-order valence-corrected chi connectivity index (χ4v) is 21.4. The molecule has 0 aliphatic heterocycles. The molecule has 0 atom stereocenters. The molecule has 0 spiro atoms. The van der Waals surface area contributed by atoms with E-state index in [4.69, 9.17) is 0 Å². The van der Waals surface area contributed by atoms with Crippen LogP contribution in [0.4, 0.5) is 51.2 Å². The fraction of sp³-hybridized carbons (Fsp3) is 0.0204. The van der Waals surface area contributed by atoms with E-state index in [0.29, 0.717) is 0 Å². The molecule has 1 aliphatic rings. The van der Waals surface area contributed by atoms with Crippen LogP contribution in [0.1, 0.15) is 25.0 Å². The highest BCUT2D eigenvalue weighted by Gasteiger charge is 2.37. The number of benzene rings is 25. The largest absolute Gasteiger partial charge is 0.311 e. The third-order valence-corrected chi connectivity index (χ3v) is 29.4. The van der Waals surface area contributed by atoms with Gasteiger partial charge in [0.2, 0.25) is 0 Å². The lowest BCUT2D eigenvalue weighted by atomic mass is 9.81. The van der Waals surface area contributed by atoms with Gasteiger partial charge in [0, 0.05) is 56.6 Å². The Labute approximate surface area is 879 Å². The van der Waals surface area contributed by atoms with Crippen LogP contribution >= 0.6 is 0 Å². The van der Waals surface area contributed by atoms with Gasteiger partial charge in [0.15, 0.2) is 0 Å². The first-order valence-electron chi connectivity index (χ1n) is 51.7. The molecule has 0 saturated carbocycles. The minimum Gasteiger partial charge on any atom is -0.311 e. The topological polar surface area (TPSA) is 9.72 Å². The minimum absolute atomic E-state index is 0.128. The summed E-state index contributed by atoms with van der Waals surface area (Å²) in [5, 5.41) is 7.45. The molecule has 0 fully saturated rings. The summed E-state index contributed by atoms with van der Waals surface area (Å²) in [6.45, 7) is 4.73. The van der Waals surface area contributed by atoms with Crippen molar-refractivity contribution in [3.05, 3.63) is 624 Å². The molecule has 150 heavy (non-hydrogen) atoms. The summed E-state index contributed by atoms with van der Waals surface area (Å²) < 4.78 is 0. The molecule has 0 N–H and O–H groups in total. The van der Waals surface area contributed by atoms with Crippen LogP contribution in [0.25, 0.3) is 177 Å². The molecule has 0 unspecified atom stereocenters. The molecule has 25 aromatic rings. The van der Waals surface area contributed by atoms with Crippen LogP contribution in [-0.2, 0) is 5.41 Å². The molecule has 3 nitrogen and oxygen atoms in total. The molecule has 25 aromatic carbocycles. The number of rotatable bonds is 21. The van der Waals surface area contributed by atoms with Crippen LogP contribution in [0.3, 0.4) is 0 Å². The Balaban J connectivity index is 0.000000120. The van der Waals surface area contributed by atoms with Crippen molar-refractivity contribution in [1.29, 1.82) is 0 Å². The van der Waals surface area contributed by atoms with Gasteiger partial charge in [0.05, 0.1) is 0 Å². The van der Waals surface area contributed by atoms with Crippen molar-refractivity contribution >= 4 is 83.5 Å². The summed E-state index contributed by atoms with van der Waals surface area (Å²) in [5.74, 6) is 0. The van der Waals surface area contributed by atoms with Crippen LogP contribution < -0.4 is 14.7 Å². The normalized spacial score (nSPS) is 11.6. The van der Waals surface area contributed by atoms with E-state index in [1.165, 1.54) is 194 Å². The van der Waals surface area contributed by atoms with Gasteiger partial charge in [-0.25, -0.2) is 0 Å². The fourth-order valence-electron chi connectivity index (χ4n) is 21.4. The maximum Gasteiger partial charge on any atom is 0.0465 e. The standard InChI is InChI=1S/2C52H37N.C43H33N/c1-4-12-38(13-5-1)40-24-30-48(31-25-40)53(49-32-26-41(27-33-49)39-14-6-2-7-15-39)50-34-28-42(29-35-50)44-20-21-46-37-47(23-22-45(46)36-44)52-19-11-10-18-51(52)43-16-8-3-9-17-43;1-4-11-38(12-5-1)41-23-29-50(30-24-41)53(51-31-25-42(26-32-51)39-13-6-2-7-14-39)52-33-27-43(28-34-52)46-19-20-49-37-47(21-22-48(49)36-46)45-18-10-17-44(35-45)40-15-8-3-9-16-40;1-43(2)41-28-35(34-21-20-32-26-31(18-19-33(32)27-34)30-12-6-3-7-13-30)22-24-39(41)40-25-23-38(29-42(40)43)44(36-14-8-4-9-15-36)37-16-10-5-11-17-37/h2*1-37H;3-29H,1-2H3. The van der Waals surface area contributed by atoms with Crippen LogP contribution in [0.5, 0.6) is 0 Å². The second-order valence-electron chi connectivity index (χ2n) is 39.1. The van der Waals surface area contributed by atoms with E-state index in [0.717, 1.165) is 45.5 Å². The van der Waals surface area contributed by atoms with Gasteiger partial charge in [0.1, 0.15) is 0 Å². The molecular weight excluding hydrogens is 1810 g/mol. The van der Waals surface area contributed by atoms with Crippen molar-refractivity contribution < 1.29 is 0 Å². The van der Waals surface area contributed by atoms with Gasteiger partial charge in [-0.1, -0.05) is 469 Å². The van der Waals surface area contributed by atoms with Gasteiger partial charge < -0.3 is 14.7 Å². The number of anilines is 9. The molecule has 3 heteroatoms. The molecule has 710 valence electrons. The second kappa shape index (κ2) is 42.2. The number of fused-ring (bicyclic) bond motifs is 6. The summed E-state index contributed by atoms with van der Waals surface area (Å²) in [6.07, 6.45) is 0. The van der Waals surface area contributed by atoms with Crippen LogP contribution in [0.15, 0.2) is 613 Å². The van der Waals surface area contributed by atoms with Crippen LogP contribution in [-0.4, -0.2) is 0 Å². The van der Waals surface area contributed by atoms with Crippen molar-refractivity contribution in [3.63, 3.8) is 0 Å². The molecule has 0 aromatic heterocycles. The van der Waals surface area contributed by atoms with Gasteiger partial charge in [-0.2, -0.15) is 0 Å². The monoisotopic (exact) mass is 1910 g/mol. The summed E-state index contributed by atoms with van der Waals surface area (Å²) in [7, 11) is 0. The zero-order chi connectivity index (χ0) is 100. The van der Waals surface area contributed by atoms with Gasteiger partial charge in [-0.3, -0.25) is 0 Å². The lowest BCUT2D eigenvalue weighted by Gasteiger charge is -2.28. The molecular formula is C147H107N3. The van der Waals surface area contributed by atoms with Crippen molar-refractivity contribution in [2.75, 3.05) is 14.7 Å². The zero-order valence-electron chi connectivity index (χ0n) is 83.7. The highest BCUT2D eigenvalue weighted by molar-refractivity contribution is 5.98. The van der Waals surface area contributed by atoms with E-state index in [1.807, 2.05) is 0 Å². The highest BCUT2D eigenvalue weighted by atomic mass is 15.2. The third-order valence-electron chi connectivity index (χ3n) is 29.4. The van der Waals surface area contributed by atoms with E-state index < -0.39 is 0 Å². The first kappa shape index (κ1) is 93.1. The van der Waals surface area contributed by atoms with E-state index in [9.17, 15) is 0 Å². The summed E-state index contributed by atoms with van der Waals surface area (Å²) in [6, 6.07) is 221. The van der Waals surface area contributed by atoms with Crippen LogP contribution in [0, 0.1) is 0 Å². The smallest absolute Gasteiger partial charge is 0.0465 e. The molecule has 1 aliphatic carbocycles. The number of hydrogen-bond donors (Lipinski definition) is 0. The SMILES string of the molecule is CC1(C)c2cc(-c3ccc4cc(-c5ccccc5)ccc4c3)ccc2-c2ccc(N(c3ccccc3)c3ccccc3)cc21.c1ccc(-c2ccc(N(c3ccc(-c4ccccc4)cc3)c3ccc(-c4ccc5cc(-c6cccc(-c7ccccc7)c6)ccc5c4)cc3)cc2)cc1.c1ccc(-c2ccc(N(c3ccc(-c4ccccc4)cc3)c3ccc(-c4ccc5cc(-c6ccccc6-c6ccccc6)ccc5c4)cc3)cc2)cc1. The zero-order valence-corrected chi connectivity index (χ0v) is 83.7. The first-order chi connectivity index (χ1) is 74.1. The number of hydrogen-bond acceptors (Lipinski definition) is 3. The van der Waals surface area contributed by atoms with Crippen molar-refractivity contribution in [3.8, 4) is 145 Å². The Morgan fingerprint density at radius 3 is 0.593 bits per heavy atom. The average Bonchev–Trinajstić information content (AvgIpc) is 1.55. The minimum atomic E-state index is -0.128. The second-order valence-corrected chi connectivity index (χ2v) is 39.1. The van der Waals surface area contributed by atoms with Crippen LogP contribution in [0.2, 0.25) is 0 Å². The Kier molecular flexibility index (Phi) is 26.2. The number of nitrogens with zero attached hydrogens (tertiary/aromatic N) is 3. The quantitative estimate of drug-likeness (QED) is 0.0710. The Hall–Kier alpha value is -19.3. The molecule has 0 bridgehead atoms. The van der Waals surface area contributed by atoms with E-state index in [-0.39, 0.29) is 5.41 Å². The van der Waals surface area contributed by atoms with Gasteiger partial charge >= 0.3 is 0 Å². The van der Waals surface area contributed by atoms with Crippen molar-refractivity contribution in [2.45, 2.75) is 19.3 Å². The predicted octanol–water partition coefficient (Wildman–Crippen LogP) is 41.2. The molecule has 0 heterocycles. The maximum absolute atomic E-state index is 2.42. The summed E-state index contributed by atoms with van der Waals surface area (Å²) >= 11 is 0. The van der Waals surface area contributed by atoms with Crippen molar-refractivity contribution in [1.82, 2.24) is 0 Å². The lowest BCUT2D eigenvalue weighted by Crippen LogP contribution is -2.16. The summed E-state index contributed by atoms with van der Waals surface area (Å²) in [5.41, 5.74) is 44.7.